The van der Waals surface area contributed by atoms with Crippen molar-refractivity contribution in [3.63, 3.8) is 0 Å². The number of hydrogen-bond acceptors (Lipinski definition) is 0. The molecule has 3 heteroatoms. The lowest BCUT2D eigenvalue weighted by atomic mass is 9.33. The highest BCUT2D eigenvalue weighted by Gasteiger charge is 2.55. The van der Waals surface area contributed by atoms with Gasteiger partial charge in [0.25, 0.3) is 6.71 Å². The molecule has 9 aromatic carbocycles. The second-order valence-electron chi connectivity index (χ2n) is 21.6. The number of nitrogens with zero attached hydrogens (tertiary/aromatic N) is 2. The van der Waals surface area contributed by atoms with E-state index in [4.69, 9.17) is 0 Å². The Morgan fingerprint density at radius 1 is 0.380 bits per heavy atom. The summed E-state index contributed by atoms with van der Waals surface area (Å²) in [5.74, 6) is 1.45. The van der Waals surface area contributed by atoms with Crippen molar-refractivity contribution in [2.24, 2.45) is 0 Å². The lowest BCUT2D eigenvalue weighted by molar-refractivity contribution is 0.639. The maximum Gasteiger partial charge on any atom is 0.252 e. The zero-order valence-corrected chi connectivity index (χ0v) is 42.0. The molecule has 11 aromatic rings. The van der Waals surface area contributed by atoms with Gasteiger partial charge in [-0.05, 0) is 169 Å². The van der Waals surface area contributed by atoms with Crippen LogP contribution in [0.2, 0.25) is 0 Å². The minimum atomic E-state index is -0.572. The van der Waals surface area contributed by atoms with Gasteiger partial charge in [0.05, 0.1) is 22.1 Å². The Balaban J connectivity index is 1.24. The van der Waals surface area contributed by atoms with Gasteiger partial charge in [0, 0.05) is 43.8 Å². The van der Waals surface area contributed by atoms with Gasteiger partial charge in [-0.2, -0.15) is 0 Å². The van der Waals surface area contributed by atoms with Crippen molar-refractivity contribution < 1.29 is 0 Å². The van der Waals surface area contributed by atoms with Crippen molar-refractivity contribution >= 4 is 77.5 Å². The number of fused-ring (bicyclic) bond motifs is 15. The molecule has 0 N–H and O–H groups in total. The van der Waals surface area contributed by atoms with Crippen LogP contribution in [0.5, 0.6) is 0 Å². The molecular weight excluding hydrogens is 856 g/mol. The quantitative estimate of drug-likeness (QED) is 0.121. The SMILES string of the molecule is CCC(CC)c1ccc2c(c1)c1cccc3c1n2-c1c(-c2cccc4ccccc24)cc2c4c1B3c1cc(C(CC)CC)cc3c5cc(C(CC)CC)cc(c5n-4c13)C21c2ccccc2-c2ccccc21. The molecule has 5 heterocycles. The third kappa shape index (κ3) is 5.05. The normalized spacial score (nSPS) is 14.3. The first kappa shape index (κ1) is 41.7. The second kappa shape index (κ2) is 15.0. The van der Waals surface area contributed by atoms with Gasteiger partial charge < -0.3 is 9.13 Å². The van der Waals surface area contributed by atoms with Gasteiger partial charge in [0.15, 0.2) is 0 Å². The molecule has 0 saturated carbocycles. The van der Waals surface area contributed by atoms with Gasteiger partial charge in [-0.15, -0.1) is 0 Å². The average Bonchev–Trinajstić information content (AvgIpc) is 4.06. The number of para-hydroxylation sites is 1. The van der Waals surface area contributed by atoms with E-state index >= 15 is 0 Å². The minimum Gasteiger partial charge on any atom is -0.310 e. The zero-order valence-electron chi connectivity index (χ0n) is 42.0. The Kier molecular flexibility index (Phi) is 8.78. The Hall–Kier alpha value is -7.10. The first-order valence-electron chi connectivity index (χ1n) is 27.1. The molecule has 15 rings (SSSR count). The van der Waals surface area contributed by atoms with Gasteiger partial charge in [0.2, 0.25) is 0 Å². The standard InChI is InChI=1S/C68H59BN2/c1-7-39(8-2)43-31-32-61-51(33-43)50-27-20-30-59-64(50)70(61)66-54(47-26-19-22-42-21-13-14-23-46(42)47)38-58-67-62(66)69(59)60-37-45(41(11-5)12-6)35-53-52-34-44(40(9-3)10-4)36-57(63(52)71(67)65(53)60)68(58)55-28-17-15-24-48(55)49-25-16-18-29-56(49)68/h13-41H,7-12H2,1-6H3. The fraction of sp³-hybridized carbons (Fsp3) is 0.235. The smallest absolute Gasteiger partial charge is 0.252 e. The van der Waals surface area contributed by atoms with Crippen LogP contribution in [0, 0.1) is 0 Å². The van der Waals surface area contributed by atoms with Gasteiger partial charge in [-0.25, -0.2) is 0 Å². The van der Waals surface area contributed by atoms with Crippen molar-refractivity contribution in [2.75, 3.05) is 0 Å². The lowest BCUT2D eigenvalue weighted by Gasteiger charge is -2.45. The molecule has 1 aliphatic carbocycles. The molecule has 0 radical (unpaired) electrons. The molecule has 2 aromatic heterocycles. The van der Waals surface area contributed by atoms with E-state index in [-0.39, 0.29) is 6.71 Å². The van der Waals surface area contributed by atoms with E-state index in [0.29, 0.717) is 17.8 Å². The van der Waals surface area contributed by atoms with E-state index in [2.05, 4.69) is 208 Å². The fourth-order valence-electron chi connectivity index (χ4n) is 15.5. The van der Waals surface area contributed by atoms with Gasteiger partial charge in [-0.1, -0.05) is 169 Å². The molecular formula is C68H59BN2. The summed E-state index contributed by atoms with van der Waals surface area (Å²) in [6.07, 6.45) is 6.73. The maximum atomic E-state index is 2.83. The maximum absolute atomic E-state index is 2.83. The zero-order chi connectivity index (χ0) is 47.6. The van der Waals surface area contributed by atoms with Gasteiger partial charge in [0.1, 0.15) is 0 Å². The third-order valence-corrected chi connectivity index (χ3v) is 18.8. The van der Waals surface area contributed by atoms with E-state index in [9.17, 15) is 0 Å². The monoisotopic (exact) mass is 914 g/mol. The highest BCUT2D eigenvalue weighted by atomic mass is 15.1. The second-order valence-corrected chi connectivity index (χ2v) is 21.6. The summed E-state index contributed by atoms with van der Waals surface area (Å²) >= 11 is 0. The van der Waals surface area contributed by atoms with E-state index in [0.717, 1.165) is 38.5 Å². The molecule has 344 valence electrons. The van der Waals surface area contributed by atoms with E-state index in [1.807, 2.05) is 0 Å². The number of hydrogen-bond donors (Lipinski definition) is 0. The van der Waals surface area contributed by atoms with Crippen LogP contribution in [0.25, 0.3) is 88.0 Å². The van der Waals surface area contributed by atoms with Crippen LogP contribution >= 0.6 is 0 Å². The van der Waals surface area contributed by atoms with Crippen LogP contribution < -0.4 is 16.4 Å². The van der Waals surface area contributed by atoms with Crippen molar-refractivity contribution in [1.29, 1.82) is 0 Å². The van der Waals surface area contributed by atoms with Crippen LogP contribution in [-0.4, -0.2) is 15.8 Å². The molecule has 3 aliphatic heterocycles. The predicted octanol–water partition coefficient (Wildman–Crippen LogP) is 16.2. The molecule has 0 bridgehead atoms. The molecule has 71 heavy (non-hydrogen) atoms. The summed E-state index contributed by atoms with van der Waals surface area (Å²) in [6.45, 7) is 14.3. The number of rotatable bonds is 10. The molecule has 1 spiro atoms. The number of benzene rings is 9. The summed E-state index contributed by atoms with van der Waals surface area (Å²) < 4.78 is 5.58. The van der Waals surface area contributed by atoms with Crippen LogP contribution in [-0.2, 0) is 5.41 Å². The third-order valence-electron chi connectivity index (χ3n) is 18.8. The summed E-state index contributed by atoms with van der Waals surface area (Å²) in [7, 11) is 0. The topological polar surface area (TPSA) is 9.86 Å². The molecule has 0 fully saturated rings. The molecule has 0 unspecified atom stereocenters. The molecule has 0 amide bonds. The van der Waals surface area contributed by atoms with Crippen molar-refractivity contribution in [1.82, 2.24) is 9.13 Å². The van der Waals surface area contributed by atoms with Crippen LogP contribution in [0.15, 0.2) is 158 Å². The highest BCUT2D eigenvalue weighted by Crippen LogP contribution is 2.63. The van der Waals surface area contributed by atoms with E-state index in [1.165, 1.54) is 143 Å². The van der Waals surface area contributed by atoms with Gasteiger partial charge >= 0.3 is 0 Å². The van der Waals surface area contributed by atoms with Crippen LogP contribution in [0.1, 0.15) is 137 Å². The largest absolute Gasteiger partial charge is 0.310 e. The van der Waals surface area contributed by atoms with Crippen molar-refractivity contribution in [2.45, 2.75) is 103 Å². The Bertz CT molecular complexity index is 4060. The molecule has 4 aliphatic rings. The van der Waals surface area contributed by atoms with Crippen molar-refractivity contribution in [3.8, 4) is 33.6 Å². The Morgan fingerprint density at radius 2 is 0.944 bits per heavy atom. The first-order chi connectivity index (χ1) is 35.0. The molecule has 2 nitrogen and oxygen atoms in total. The summed E-state index contributed by atoms with van der Waals surface area (Å²) in [6, 6.07) is 63.3. The first-order valence-corrected chi connectivity index (χ1v) is 27.1. The highest BCUT2D eigenvalue weighted by molar-refractivity contribution is 7.00. The summed E-state index contributed by atoms with van der Waals surface area (Å²) in [4.78, 5) is 0. The summed E-state index contributed by atoms with van der Waals surface area (Å²) in [5.41, 5.74) is 27.4. The molecule has 0 atom stereocenters. The molecule has 0 saturated heterocycles. The summed E-state index contributed by atoms with van der Waals surface area (Å²) in [5, 5.41) is 8.14. The number of aromatic nitrogens is 2. The lowest BCUT2D eigenvalue weighted by Crippen LogP contribution is -2.60. The van der Waals surface area contributed by atoms with E-state index in [1.54, 1.807) is 0 Å². The van der Waals surface area contributed by atoms with Crippen molar-refractivity contribution in [3.05, 3.63) is 197 Å². The average molecular weight is 915 g/mol. The fourth-order valence-corrected chi connectivity index (χ4v) is 15.5. The van der Waals surface area contributed by atoms with E-state index < -0.39 is 5.41 Å². The minimum absolute atomic E-state index is 0.0188. The van der Waals surface area contributed by atoms with Crippen LogP contribution in [0.4, 0.5) is 0 Å². The van der Waals surface area contributed by atoms with Gasteiger partial charge in [-0.3, -0.25) is 0 Å². The predicted molar refractivity (Wildman–Crippen MR) is 304 cm³/mol. The Morgan fingerprint density at radius 3 is 1.66 bits per heavy atom. The van der Waals surface area contributed by atoms with Crippen LogP contribution in [0.3, 0.4) is 0 Å². The Labute approximate surface area is 418 Å².